The van der Waals surface area contributed by atoms with Gasteiger partial charge in [0.05, 0.1) is 11.4 Å². The molecule has 32 heavy (non-hydrogen) atoms. The van der Waals surface area contributed by atoms with Crippen molar-refractivity contribution in [1.82, 2.24) is 29.4 Å². The molecule has 1 amide bonds. The molecule has 3 heterocycles. The fraction of sp³-hybridized carbons (Fsp3) is 0.250. The lowest BCUT2D eigenvalue weighted by Gasteiger charge is -2.16. The van der Waals surface area contributed by atoms with E-state index < -0.39 is 0 Å². The fourth-order valence-corrected chi connectivity index (χ4v) is 4.16. The highest BCUT2D eigenvalue weighted by Gasteiger charge is 2.24. The van der Waals surface area contributed by atoms with Crippen molar-refractivity contribution < 1.29 is 4.79 Å². The zero-order valence-corrected chi connectivity index (χ0v) is 17.8. The standard InChI is InChI=1S/C24H24N6O2/c1-28-24(32)29-15-14-18(12-13-22(29)27-28)25-23(31)21-16-20(17-8-4-2-5-9-17)26-30(21)19-10-6-3-7-11-19/h2-11,16,18H,12-15H2,1H3,(H,25,31). The first-order valence-corrected chi connectivity index (χ1v) is 10.7. The van der Waals surface area contributed by atoms with Gasteiger partial charge < -0.3 is 5.32 Å². The van der Waals surface area contributed by atoms with E-state index in [4.69, 9.17) is 5.10 Å². The first-order chi connectivity index (χ1) is 15.6. The molecule has 8 nitrogen and oxygen atoms in total. The summed E-state index contributed by atoms with van der Waals surface area (Å²) in [4.78, 5) is 25.6. The Balaban J connectivity index is 1.42. The van der Waals surface area contributed by atoms with Crippen molar-refractivity contribution in [3.8, 4) is 16.9 Å². The van der Waals surface area contributed by atoms with Crippen LogP contribution >= 0.6 is 0 Å². The largest absolute Gasteiger partial charge is 0.348 e. The Kier molecular flexibility index (Phi) is 5.18. The van der Waals surface area contributed by atoms with Crippen LogP contribution in [0.15, 0.2) is 71.5 Å². The molecular formula is C24H24N6O2. The van der Waals surface area contributed by atoms with Crippen LogP contribution in [0.2, 0.25) is 0 Å². The van der Waals surface area contributed by atoms with E-state index in [0.717, 1.165) is 29.2 Å². The van der Waals surface area contributed by atoms with E-state index in [1.54, 1.807) is 16.3 Å². The van der Waals surface area contributed by atoms with Crippen LogP contribution in [0.3, 0.4) is 0 Å². The van der Waals surface area contributed by atoms with E-state index in [1.165, 1.54) is 4.68 Å². The third kappa shape index (κ3) is 3.75. The SMILES string of the molecule is Cn1nc2n(c1=O)CCC(NC(=O)c1cc(-c3ccccc3)nn1-c1ccccc1)CC2. The van der Waals surface area contributed by atoms with E-state index in [-0.39, 0.29) is 17.6 Å². The Bertz CT molecular complexity index is 1300. The maximum atomic E-state index is 13.3. The molecule has 1 aliphatic rings. The monoisotopic (exact) mass is 428 g/mol. The number of hydrogen-bond donors (Lipinski definition) is 1. The van der Waals surface area contributed by atoms with Crippen molar-refractivity contribution in [2.75, 3.05) is 0 Å². The molecule has 1 aliphatic heterocycles. The number of rotatable bonds is 4. The number of para-hydroxylation sites is 1. The lowest BCUT2D eigenvalue weighted by atomic mass is 10.1. The van der Waals surface area contributed by atoms with Gasteiger partial charge >= 0.3 is 5.69 Å². The summed E-state index contributed by atoms with van der Waals surface area (Å²) in [6.45, 7) is 0.542. The van der Waals surface area contributed by atoms with Crippen LogP contribution in [0.25, 0.3) is 16.9 Å². The van der Waals surface area contributed by atoms with Crippen LogP contribution < -0.4 is 11.0 Å². The predicted molar refractivity (Wildman–Crippen MR) is 121 cm³/mol. The number of nitrogens with one attached hydrogen (secondary N) is 1. The molecule has 4 aromatic rings. The van der Waals surface area contributed by atoms with Crippen molar-refractivity contribution in [3.63, 3.8) is 0 Å². The van der Waals surface area contributed by atoms with E-state index in [9.17, 15) is 9.59 Å². The highest BCUT2D eigenvalue weighted by atomic mass is 16.2. The van der Waals surface area contributed by atoms with Gasteiger partial charge in [-0.3, -0.25) is 9.36 Å². The smallest absolute Gasteiger partial charge is 0.345 e. The molecule has 162 valence electrons. The predicted octanol–water partition coefficient (Wildman–Crippen LogP) is 2.57. The summed E-state index contributed by atoms with van der Waals surface area (Å²) in [6.07, 6.45) is 2.05. The van der Waals surface area contributed by atoms with Gasteiger partial charge in [-0.25, -0.2) is 14.2 Å². The Morgan fingerprint density at radius 3 is 2.47 bits per heavy atom. The lowest BCUT2D eigenvalue weighted by molar-refractivity contribution is 0.0925. The molecule has 5 rings (SSSR count). The molecule has 0 fully saturated rings. The Morgan fingerprint density at radius 2 is 1.72 bits per heavy atom. The van der Waals surface area contributed by atoms with Crippen molar-refractivity contribution in [2.45, 2.75) is 31.8 Å². The van der Waals surface area contributed by atoms with Gasteiger partial charge in [-0.15, -0.1) is 0 Å². The van der Waals surface area contributed by atoms with Gasteiger partial charge in [0.25, 0.3) is 5.91 Å². The van der Waals surface area contributed by atoms with Crippen LogP contribution in [0.4, 0.5) is 0 Å². The fourth-order valence-electron chi connectivity index (χ4n) is 4.16. The van der Waals surface area contributed by atoms with Crippen LogP contribution in [-0.4, -0.2) is 36.1 Å². The number of hydrogen-bond acceptors (Lipinski definition) is 4. The summed E-state index contributed by atoms with van der Waals surface area (Å²) < 4.78 is 4.76. The van der Waals surface area contributed by atoms with Crippen LogP contribution in [0.1, 0.15) is 29.2 Å². The maximum absolute atomic E-state index is 13.3. The van der Waals surface area contributed by atoms with Gasteiger partial charge in [0.2, 0.25) is 0 Å². The van der Waals surface area contributed by atoms with E-state index in [1.807, 2.05) is 66.7 Å². The number of benzene rings is 2. The molecule has 1 N–H and O–H groups in total. The van der Waals surface area contributed by atoms with Gasteiger partial charge in [0.15, 0.2) is 0 Å². The molecule has 2 aromatic carbocycles. The molecule has 0 saturated heterocycles. The second-order valence-corrected chi connectivity index (χ2v) is 8.00. The molecule has 0 spiro atoms. The first-order valence-electron chi connectivity index (χ1n) is 10.7. The van der Waals surface area contributed by atoms with Gasteiger partial charge in [-0.2, -0.15) is 10.2 Å². The average Bonchev–Trinajstić information content (AvgIpc) is 3.32. The van der Waals surface area contributed by atoms with E-state index in [0.29, 0.717) is 25.1 Å². The van der Waals surface area contributed by atoms with Gasteiger partial charge in [0.1, 0.15) is 11.5 Å². The molecular weight excluding hydrogens is 404 g/mol. The second-order valence-electron chi connectivity index (χ2n) is 8.00. The van der Waals surface area contributed by atoms with Crippen LogP contribution in [-0.2, 0) is 20.0 Å². The molecule has 1 unspecified atom stereocenters. The minimum absolute atomic E-state index is 0.0480. The quantitative estimate of drug-likeness (QED) is 0.541. The van der Waals surface area contributed by atoms with E-state index in [2.05, 4.69) is 10.4 Å². The molecule has 0 saturated carbocycles. The lowest BCUT2D eigenvalue weighted by Crippen LogP contribution is -2.36. The summed E-state index contributed by atoms with van der Waals surface area (Å²) in [5, 5.41) is 12.2. The van der Waals surface area contributed by atoms with E-state index >= 15 is 0 Å². The van der Waals surface area contributed by atoms with Gasteiger partial charge in [-0.05, 0) is 31.0 Å². The number of aromatic nitrogens is 5. The third-order valence-electron chi connectivity index (χ3n) is 5.85. The Morgan fingerprint density at radius 1 is 1.00 bits per heavy atom. The molecule has 1 atom stereocenters. The highest BCUT2D eigenvalue weighted by Crippen LogP contribution is 2.22. The maximum Gasteiger partial charge on any atom is 0.345 e. The number of aryl methyl sites for hydroxylation is 2. The molecule has 0 radical (unpaired) electrons. The first kappa shape index (κ1) is 20.0. The van der Waals surface area contributed by atoms with Crippen LogP contribution in [0, 0.1) is 0 Å². The summed E-state index contributed by atoms with van der Waals surface area (Å²) in [7, 11) is 1.66. The third-order valence-corrected chi connectivity index (χ3v) is 5.85. The minimum atomic E-state index is -0.180. The summed E-state index contributed by atoms with van der Waals surface area (Å²) in [5.41, 5.74) is 2.88. The second kappa shape index (κ2) is 8.30. The topological polar surface area (TPSA) is 86.7 Å². The molecule has 0 aliphatic carbocycles. The number of amides is 1. The molecule has 2 aromatic heterocycles. The van der Waals surface area contributed by atoms with Gasteiger partial charge in [0, 0.05) is 31.6 Å². The summed E-state index contributed by atoms with van der Waals surface area (Å²) in [5.74, 6) is 0.593. The zero-order chi connectivity index (χ0) is 22.1. The zero-order valence-electron chi connectivity index (χ0n) is 17.8. The molecule has 8 heteroatoms. The Labute approximate surface area is 185 Å². The average molecular weight is 428 g/mol. The minimum Gasteiger partial charge on any atom is -0.348 e. The summed E-state index contributed by atoms with van der Waals surface area (Å²) >= 11 is 0. The normalized spacial score (nSPS) is 15.7. The number of carbonyl (C=O) groups is 1. The van der Waals surface area contributed by atoms with Crippen molar-refractivity contribution in [2.24, 2.45) is 7.05 Å². The highest BCUT2D eigenvalue weighted by molar-refractivity contribution is 5.94. The van der Waals surface area contributed by atoms with Gasteiger partial charge in [-0.1, -0.05) is 48.5 Å². The number of carbonyl (C=O) groups excluding carboxylic acids is 1. The number of nitrogens with zero attached hydrogens (tertiary/aromatic N) is 5. The van der Waals surface area contributed by atoms with Crippen LogP contribution in [0.5, 0.6) is 0 Å². The Hall–Kier alpha value is -3.94. The van der Waals surface area contributed by atoms with Crippen molar-refractivity contribution in [1.29, 1.82) is 0 Å². The van der Waals surface area contributed by atoms with Crippen molar-refractivity contribution >= 4 is 5.91 Å². The summed E-state index contributed by atoms with van der Waals surface area (Å²) in [6, 6.07) is 21.2. The van der Waals surface area contributed by atoms with Crippen molar-refractivity contribution in [3.05, 3.63) is 88.7 Å². The number of fused-ring (bicyclic) bond motifs is 1. The molecule has 0 bridgehead atoms.